The van der Waals surface area contributed by atoms with Gasteiger partial charge in [-0.3, -0.25) is 0 Å². The van der Waals surface area contributed by atoms with Gasteiger partial charge in [-0.15, -0.1) is 0 Å². The number of nitrogens with two attached hydrogens (primary N) is 1. The van der Waals surface area contributed by atoms with Gasteiger partial charge in [0.05, 0.1) is 0 Å². The molecule has 0 spiro atoms. The van der Waals surface area contributed by atoms with E-state index in [9.17, 15) is 0 Å². The molecule has 0 saturated heterocycles. The van der Waals surface area contributed by atoms with E-state index in [1.54, 1.807) is 0 Å². The highest BCUT2D eigenvalue weighted by Crippen LogP contribution is 2.35. The number of hydrogen-bond donors (Lipinski definition) is 1. The van der Waals surface area contributed by atoms with E-state index in [0.29, 0.717) is 6.04 Å². The Balaban J connectivity index is 1.95. The number of unbranched alkanes of at least 4 members (excludes halogenated alkanes) is 6. The molecule has 2 heteroatoms. The number of hydrogen-bond acceptors (Lipinski definition) is 2. The van der Waals surface area contributed by atoms with Crippen molar-refractivity contribution in [1.29, 1.82) is 0 Å². The molecular weight excluding hydrogens is 268 g/mol. The van der Waals surface area contributed by atoms with Crippen LogP contribution < -0.4 is 10.6 Å². The fourth-order valence-electron chi connectivity index (χ4n) is 3.69. The minimum absolute atomic E-state index is 0.704. The molecular formula is C20H34N2. The molecule has 2 rings (SSSR count). The van der Waals surface area contributed by atoms with Crippen LogP contribution in [-0.2, 0) is 6.42 Å². The van der Waals surface area contributed by atoms with E-state index in [1.807, 2.05) is 0 Å². The largest absolute Gasteiger partial charge is 0.399 e. The van der Waals surface area contributed by atoms with Gasteiger partial charge in [0.25, 0.3) is 0 Å². The molecule has 0 aromatic heterocycles. The summed E-state index contributed by atoms with van der Waals surface area (Å²) in [6.45, 7) is 5.79. The Hall–Kier alpha value is -1.18. The fraction of sp³-hybridized carbons (Fsp3) is 0.700. The molecule has 1 aromatic rings. The molecule has 124 valence electrons. The van der Waals surface area contributed by atoms with E-state index in [1.165, 1.54) is 82.0 Å². The third kappa shape index (κ3) is 4.66. The monoisotopic (exact) mass is 302 g/mol. The zero-order valence-corrected chi connectivity index (χ0v) is 14.6. The van der Waals surface area contributed by atoms with Crippen molar-refractivity contribution < 1.29 is 0 Å². The van der Waals surface area contributed by atoms with Gasteiger partial charge in [0.15, 0.2) is 0 Å². The fourth-order valence-corrected chi connectivity index (χ4v) is 3.69. The maximum Gasteiger partial charge on any atom is 0.0403 e. The number of nitrogen functional groups attached to an aromatic ring is 1. The lowest BCUT2D eigenvalue weighted by atomic mass is 10.0. The first kappa shape index (κ1) is 17.2. The van der Waals surface area contributed by atoms with Crippen molar-refractivity contribution in [1.82, 2.24) is 0 Å². The van der Waals surface area contributed by atoms with Crippen molar-refractivity contribution in [3.8, 4) is 0 Å². The molecule has 2 nitrogen and oxygen atoms in total. The number of nitrogens with zero attached hydrogens (tertiary/aromatic N) is 1. The Bertz CT molecular complexity index is 441. The molecule has 2 N–H and O–H groups in total. The highest BCUT2D eigenvalue weighted by Gasteiger charge is 2.28. The zero-order chi connectivity index (χ0) is 15.8. The van der Waals surface area contributed by atoms with Gasteiger partial charge >= 0.3 is 0 Å². The van der Waals surface area contributed by atoms with Crippen LogP contribution in [0, 0.1) is 0 Å². The van der Waals surface area contributed by atoms with Crippen LogP contribution in [-0.4, -0.2) is 12.6 Å². The van der Waals surface area contributed by atoms with Gasteiger partial charge in [-0.1, -0.05) is 58.8 Å². The van der Waals surface area contributed by atoms with E-state index in [0.717, 1.165) is 5.69 Å². The minimum Gasteiger partial charge on any atom is -0.399 e. The maximum atomic E-state index is 5.98. The summed E-state index contributed by atoms with van der Waals surface area (Å²) >= 11 is 0. The van der Waals surface area contributed by atoms with Gasteiger partial charge in [0.2, 0.25) is 0 Å². The van der Waals surface area contributed by atoms with Crippen molar-refractivity contribution in [2.24, 2.45) is 0 Å². The lowest BCUT2D eigenvalue weighted by Crippen LogP contribution is -2.32. The van der Waals surface area contributed by atoms with Crippen LogP contribution in [0.15, 0.2) is 18.2 Å². The molecule has 0 amide bonds. The van der Waals surface area contributed by atoms with Gasteiger partial charge in [-0.2, -0.15) is 0 Å². The first-order valence-electron chi connectivity index (χ1n) is 9.41. The van der Waals surface area contributed by atoms with Crippen molar-refractivity contribution in [2.45, 2.75) is 84.1 Å². The highest BCUT2D eigenvalue weighted by atomic mass is 15.2. The van der Waals surface area contributed by atoms with Gasteiger partial charge in [-0.25, -0.2) is 0 Å². The van der Waals surface area contributed by atoms with Gasteiger partial charge < -0.3 is 10.6 Å². The normalized spacial score (nSPS) is 17.0. The molecule has 1 aromatic carbocycles. The van der Waals surface area contributed by atoms with E-state index < -0.39 is 0 Å². The molecule has 0 bridgehead atoms. The summed E-state index contributed by atoms with van der Waals surface area (Å²) in [6.07, 6.45) is 13.3. The Morgan fingerprint density at radius 1 is 1.00 bits per heavy atom. The second-order valence-corrected chi connectivity index (χ2v) is 6.85. The predicted molar refractivity (Wildman–Crippen MR) is 98.6 cm³/mol. The molecule has 1 aliphatic heterocycles. The van der Waals surface area contributed by atoms with Crippen molar-refractivity contribution in [3.63, 3.8) is 0 Å². The predicted octanol–water partition coefficient (Wildman–Crippen LogP) is 5.55. The standard InChI is InChI=1S/C20H34N2/c1-3-5-7-9-11-19-16-17-15-18(21)12-13-20(17)22(19)14-10-8-6-4-2/h12-13,15,19H,3-11,14,16,21H2,1-2H3. The summed E-state index contributed by atoms with van der Waals surface area (Å²) in [5, 5.41) is 0. The van der Waals surface area contributed by atoms with Crippen LogP contribution in [0.5, 0.6) is 0 Å². The van der Waals surface area contributed by atoms with Crippen molar-refractivity contribution in [2.75, 3.05) is 17.2 Å². The zero-order valence-electron chi connectivity index (χ0n) is 14.6. The third-order valence-electron chi connectivity index (χ3n) is 4.95. The summed E-state index contributed by atoms with van der Waals surface area (Å²) in [7, 11) is 0. The number of benzene rings is 1. The average Bonchev–Trinajstić information content (AvgIpc) is 2.85. The minimum atomic E-state index is 0.704. The van der Waals surface area contributed by atoms with Crippen molar-refractivity contribution >= 4 is 11.4 Å². The summed E-state index contributed by atoms with van der Waals surface area (Å²) < 4.78 is 0. The third-order valence-corrected chi connectivity index (χ3v) is 4.95. The second-order valence-electron chi connectivity index (χ2n) is 6.85. The van der Waals surface area contributed by atoms with E-state index in [2.05, 4.69) is 36.9 Å². The second kappa shape index (κ2) is 9.07. The number of rotatable bonds is 10. The molecule has 1 unspecified atom stereocenters. The highest BCUT2D eigenvalue weighted by molar-refractivity contribution is 5.64. The Morgan fingerprint density at radius 2 is 1.73 bits per heavy atom. The summed E-state index contributed by atoms with van der Waals surface area (Å²) in [5.74, 6) is 0. The molecule has 0 radical (unpaired) electrons. The lowest BCUT2D eigenvalue weighted by molar-refractivity contribution is 0.516. The number of fused-ring (bicyclic) bond motifs is 1. The Kier molecular flexibility index (Phi) is 7.08. The molecule has 22 heavy (non-hydrogen) atoms. The first-order chi connectivity index (χ1) is 10.8. The lowest BCUT2D eigenvalue weighted by Gasteiger charge is -2.28. The molecule has 1 heterocycles. The maximum absolute atomic E-state index is 5.98. The summed E-state index contributed by atoms with van der Waals surface area (Å²) in [4.78, 5) is 2.68. The van der Waals surface area contributed by atoms with E-state index in [4.69, 9.17) is 5.73 Å². The van der Waals surface area contributed by atoms with Crippen LogP contribution in [0.3, 0.4) is 0 Å². The van der Waals surface area contributed by atoms with E-state index >= 15 is 0 Å². The first-order valence-corrected chi connectivity index (χ1v) is 9.41. The van der Waals surface area contributed by atoms with Crippen LogP contribution in [0.25, 0.3) is 0 Å². The van der Waals surface area contributed by atoms with Crippen LogP contribution in [0.2, 0.25) is 0 Å². The average molecular weight is 303 g/mol. The molecule has 0 fully saturated rings. The molecule has 0 aliphatic carbocycles. The molecule has 0 saturated carbocycles. The van der Waals surface area contributed by atoms with Crippen LogP contribution in [0.4, 0.5) is 11.4 Å². The molecule has 1 atom stereocenters. The van der Waals surface area contributed by atoms with Crippen molar-refractivity contribution in [3.05, 3.63) is 23.8 Å². The van der Waals surface area contributed by atoms with Crippen LogP contribution in [0.1, 0.15) is 77.2 Å². The SMILES string of the molecule is CCCCCCC1Cc2cc(N)ccc2N1CCCCCC. The quantitative estimate of drug-likeness (QED) is 0.453. The summed E-state index contributed by atoms with van der Waals surface area (Å²) in [5.41, 5.74) is 9.81. The topological polar surface area (TPSA) is 29.3 Å². The Morgan fingerprint density at radius 3 is 2.45 bits per heavy atom. The van der Waals surface area contributed by atoms with Gasteiger partial charge in [0.1, 0.15) is 0 Å². The smallest absolute Gasteiger partial charge is 0.0403 e. The Labute approximate surface area is 137 Å². The van der Waals surface area contributed by atoms with Gasteiger partial charge in [-0.05, 0) is 43.0 Å². The summed E-state index contributed by atoms with van der Waals surface area (Å²) in [6, 6.07) is 7.21. The van der Waals surface area contributed by atoms with Crippen LogP contribution >= 0.6 is 0 Å². The number of anilines is 2. The van der Waals surface area contributed by atoms with Gasteiger partial charge in [0, 0.05) is 24.0 Å². The molecule has 1 aliphatic rings. The van der Waals surface area contributed by atoms with E-state index in [-0.39, 0.29) is 0 Å².